The summed E-state index contributed by atoms with van der Waals surface area (Å²) >= 11 is 0. The molecule has 0 spiro atoms. The smallest absolute Gasteiger partial charge is 0.349 e. The van der Waals surface area contributed by atoms with Gasteiger partial charge in [0.2, 0.25) is 5.89 Å². The summed E-state index contributed by atoms with van der Waals surface area (Å²) in [5, 5.41) is 0.729. The quantitative estimate of drug-likeness (QED) is 0.310. The zero-order valence-corrected chi connectivity index (χ0v) is 18.2. The third-order valence-corrected chi connectivity index (χ3v) is 6.38. The second kappa shape index (κ2) is 8.16. The van der Waals surface area contributed by atoms with Crippen LogP contribution < -0.4 is 10.5 Å². The molecular weight excluding hydrogens is 420 g/mol. The molecule has 2 heterocycles. The molecule has 0 saturated carbocycles. The van der Waals surface area contributed by atoms with Gasteiger partial charge in [0.1, 0.15) is 16.7 Å². The number of aromatic nitrogens is 1. The highest BCUT2D eigenvalue weighted by atomic mass is 32.2. The number of hydrogen-bond donors (Lipinski definition) is 0. The van der Waals surface area contributed by atoms with Crippen LogP contribution in [-0.2, 0) is 14.3 Å². The van der Waals surface area contributed by atoms with E-state index in [0.29, 0.717) is 16.7 Å². The molecule has 0 radical (unpaired) electrons. The molecule has 0 fully saturated rings. The Kier molecular flexibility index (Phi) is 5.55. The fourth-order valence-electron chi connectivity index (χ4n) is 3.44. The van der Waals surface area contributed by atoms with E-state index in [1.165, 1.54) is 18.2 Å². The van der Waals surface area contributed by atoms with Crippen LogP contribution in [0.25, 0.3) is 33.5 Å². The van der Waals surface area contributed by atoms with Crippen molar-refractivity contribution in [2.45, 2.75) is 25.7 Å². The summed E-state index contributed by atoms with van der Waals surface area (Å²) in [7, 11) is -3.88. The Morgan fingerprint density at radius 2 is 1.74 bits per heavy atom. The third kappa shape index (κ3) is 3.94. The highest BCUT2D eigenvalue weighted by Crippen LogP contribution is 2.28. The second-order valence-electron chi connectivity index (χ2n) is 6.85. The molecule has 31 heavy (non-hydrogen) atoms. The van der Waals surface area contributed by atoms with E-state index in [-0.39, 0.29) is 23.0 Å². The van der Waals surface area contributed by atoms with Crippen molar-refractivity contribution in [2.75, 3.05) is 24.6 Å². The molecule has 0 aliphatic carbocycles. The van der Waals surface area contributed by atoms with Gasteiger partial charge in [-0.15, -0.1) is 0 Å². The Balaban J connectivity index is 1.78. The standard InChI is InChI=1S/C22H22N2O6S/c1-4-24(5-2)15-8-7-14-11-17(22(25)30-20(14)12-15)21-23-18-13-16(9-10-19(18)29-21)31(26,27)28-6-3/h7-13H,4-6H2,1-3H3. The first kappa shape index (κ1) is 21.1. The van der Waals surface area contributed by atoms with Gasteiger partial charge in [-0.3, -0.25) is 4.18 Å². The van der Waals surface area contributed by atoms with Crippen LogP contribution in [-0.4, -0.2) is 33.1 Å². The average Bonchev–Trinajstić information content (AvgIpc) is 3.17. The van der Waals surface area contributed by atoms with Crippen molar-refractivity contribution >= 4 is 37.9 Å². The Morgan fingerprint density at radius 1 is 0.968 bits per heavy atom. The normalized spacial score (nSPS) is 12.0. The second-order valence-corrected chi connectivity index (χ2v) is 8.47. The van der Waals surface area contributed by atoms with E-state index in [1.807, 2.05) is 18.2 Å². The van der Waals surface area contributed by atoms with Crippen LogP contribution in [0.1, 0.15) is 20.8 Å². The van der Waals surface area contributed by atoms with Crippen molar-refractivity contribution in [1.29, 1.82) is 0 Å². The molecular formula is C22H22N2O6S. The van der Waals surface area contributed by atoms with Gasteiger partial charge in [-0.2, -0.15) is 8.42 Å². The lowest BCUT2D eigenvalue weighted by Gasteiger charge is -2.20. The maximum atomic E-state index is 12.6. The molecule has 0 aliphatic rings. The number of anilines is 1. The number of hydrogen-bond acceptors (Lipinski definition) is 8. The maximum Gasteiger partial charge on any atom is 0.349 e. The molecule has 2 aromatic heterocycles. The van der Waals surface area contributed by atoms with Crippen LogP contribution >= 0.6 is 0 Å². The first-order chi connectivity index (χ1) is 14.9. The van der Waals surface area contributed by atoms with Crippen LogP contribution in [0.5, 0.6) is 0 Å². The van der Waals surface area contributed by atoms with E-state index in [0.717, 1.165) is 24.2 Å². The topological polar surface area (TPSA) is 103 Å². The fraction of sp³-hybridized carbons (Fsp3) is 0.273. The average molecular weight is 442 g/mol. The van der Waals surface area contributed by atoms with Gasteiger partial charge in [0.05, 0.1) is 11.5 Å². The Labute approximate surface area is 179 Å². The zero-order valence-electron chi connectivity index (χ0n) is 17.4. The summed E-state index contributed by atoms with van der Waals surface area (Å²) in [6.45, 7) is 7.42. The van der Waals surface area contributed by atoms with Crippen LogP contribution in [0.2, 0.25) is 0 Å². The number of benzene rings is 2. The first-order valence-electron chi connectivity index (χ1n) is 9.99. The van der Waals surface area contributed by atoms with Crippen molar-refractivity contribution in [1.82, 2.24) is 4.98 Å². The Hall–Kier alpha value is -3.17. The van der Waals surface area contributed by atoms with Gasteiger partial charge in [-0.1, -0.05) is 0 Å². The highest BCUT2D eigenvalue weighted by molar-refractivity contribution is 7.86. The van der Waals surface area contributed by atoms with E-state index in [4.69, 9.17) is 13.0 Å². The zero-order chi connectivity index (χ0) is 22.2. The van der Waals surface area contributed by atoms with Crippen LogP contribution in [0.4, 0.5) is 5.69 Å². The van der Waals surface area contributed by atoms with Crippen molar-refractivity contribution in [3.63, 3.8) is 0 Å². The maximum absolute atomic E-state index is 12.6. The SMILES string of the molecule is CCOS(=O)(=O)c1ccc2oc(-c3cc4ccc(N(CC)CC)cc4oc3=O)nc2c1. The number of fused-ring (bicyclic) bond motifs is 2. The van der Waals surface area contributed by atoms with Gasteiger partial charge in [0.25, 0.3) is 10.1 Å². The molecule has 8 nitrogen and oxygen atoms in total. The van der Waals surface area contributed by atoms with Gasteiger partial charge in [-0.05, 0) is 57.2 Å². The van der Waals surface area contributed by atoms with Crippen LogP contribution in [0.3, 0.4) is 0 Å². The molecule has 0 aliphatic heterocycles. The molecule has 0 amide bonds. The summed E-state index contributed by atoms with van der Waals surface area (Å²) in [4.78, 5) is 19.1. The Bertz CT molecular complexity index is 1420. The summed E-state index contributed by atoms with van der Waals surface area (Å²) in [5.41, 5.74) is 1.66. The predicted molar refractivity (Wildman–Crippen MR) is 118 cm³/mol. The largest absolute Gasteiger partial charge is 0.436 e. The van der Waals surface area contributed by atoms with Gasteiger partial charge >= 0.3 is 5.63 Å². The molecule has 4 aromatic rings. The van der Waals surface area contributed by atoms with Gasteiger partial charge in [0.15, 0.2) is 5.58 Å². The van der Waals surface area contributed by atoms with Crippen molar-refractivity contribution in [3.8, 4) is 11.5 Å². The van der Waals surface area contributed by atoms with Gasteiger partial charge in [-0.25, -0.2) is 9.78 Å². The van der Waals surface area contributed by atoms with E-state index >= 15 is 0 Å². The fourth-order valence-corrected chi connectivity index (χ4v) is 4.37. The minimum absolute atomic E-state index is 0.0263. The van der Waals surface area contributed by atoms with E-state index in [9.17, 15) is 13.2 Å². The number of oxazole rings is 1. The monoisotopic (exact) mass is 442 g/mol. The predicted octanol–water partition coefficient (Wildman–Crippen LogP) is 4.17. The first-order valence-corrected chi connectivity index (χ1v) is 11.4. The van der Waals surface area contributed by atoms with E-state index in [2.05, 4.69) is 23.7 Å². The highest BCUT2D eigenvalue weighted by Gasteiger charge is 2.19. The summed E-state index contributed by atoms with van der Waals surface area (Å²) in [6.07, 6.45) is 0. The molecule has 4 rings (SSSR count). The number of nitrogens with zero attached hydrogens (tertiary/aromatic N) is 2. The lowest BCUT2D eigenvalue weighted by atomic mass is 10.1. The lowest BCUT2D eigenvalue weighted by Crippen LogP contribution is -2.21. The molecule has 9 heteroatoms. The minimum atomic E-state index is -3.88. The van der Waals surface area contributed by atoms with E-state index in [1.54, 1.807) is 13.0 Å². The van der Waals surface area contributed by atoms with Crippen molar-refractivity contribution < 1.29 is 21.4 Å². The minimum Gasteiger partial charge on any atom is -0.436 e. The van der Waals surface area contributed by atoms with Gasteiger partial charge < -0.3 is 13.7 Å². The van der Waals surface area contributed by atoms with Crippen molar-refractivity contribution in [2.24, 2.45) is 0 Å². The summed E-state index contributed by atoms with van der Waals surface area (Å²) in [5.74, 6) is 0.0597. The molecule has 0 bridgehead atoms. The summed E-state index contributed by atoms with van der Waals surface area (Å²) < 4.78 is 40.3. The molecule has 0 N–H and O–H groups in total. The summed E-state index contributed by atoms with van der Waals surface area (Å²) in [6, 6.07) is 11.6. The van der Waals surface area contributed by atoms with Crippen molar-refractivity contribution in [3.05, 3.63) is 52.9 Å². The van der Waals surface area contributed by atoms with Crippen LogP contribution in [0.15, 0.2) is 61.0 Å². The molecule has 2 aromatic carbocycles. The molecule has 162 valence electrons. The molecule has 0 atom stereocenters. The van der Waals surface area contributed by atoms with Gasteiger partial charge in [0, 0.05) is 30.2 Å². The number of rotatable bonds is 7. The Morgan fingerprint density at radius 3 is 2.45 bits per heavy atom. The molecule has 0 saturated heterocycles. The lowest BCUT2D eigenvalue weighted by molar-refractivity contribution is 0.338. The van der Waals surface area contributed by atoms with Crippen LogP contribution in [0, 0.1) is 0 Å². The molecule has 0 unspecified atom stereocenters. The third-order valence-electron chi connectivity index (χ3n) is 5.00. The van der Waals surface area contributed by atoms with E-state index < -0.39 is 15.7 Å².